The van der Waals surface area contributed by atoms with Crippen molar-refractivity contribution in [3.8, 4) is 0 Å². The van der Waals surface area contributed by atoms with E-state index >= 15 is 14.4 Å². The van der Waals surface area contributed by atoms with Gasteiger partial charge in [-0.3, -0.25) is 101 Å². The van der Waals surface area contributed by atoms with E-state index in [2.05, 4.69) is 58.5 Å². The predicted octanol–water partition coefficient (Wildman–Crippen LogP) is -0.146. The van der Waals surface area contributed by atoms with Crippen LogP contribution >= 0.6 is 0 Å². The molecule has 0 spiro atoms. The number of ketones is 1. The molecule has 0 aliphatic heterocycles. The Bertz CT molecular complexity index is 3600. The van der Waals surface area contributed by atoms with Crippen LogP contribution in [0.2, 0.25) is 0 Å². The lowest BCUT2D eigenvalue weighted by molar-refractivity contribution is -0.173. The minimum absolute atomic E-state index is 0.766. The first-order chi connectivity index (χ1) is 67.0. The number of hydrogen-bond acceptors (Lipinski definition) is 22. The van der Waals surface area contributed by atoms with Gasteiger partial charge in [0.15, 0.2) is 0 Å². The summed E-state index contributed by atoms with van der Waals surface area (Å²) < 4.78 is 353. The van der Waals surface area contributed by atoms with Gasteiger partial charge in [-0.2, -0.15) is 119 Å². The molecule has 0 aromatic heterocycles. The summed E-state index contributed by atoms with van der Waals surface area (Å²) in [7, 11) is 0. The van der Waals surface area contributed by atoms with E-state index in [9.17, 15) is 205 Å². The first kappa shape index (κ1) is 133. The first-order valence-corrected chi connectivity index (χ1v) is 43.5. The van der Waals surface area contributed by atoms with E-state index in [1.54, 1.807) is 0 Å². The summed E-state index contributed by atoms with van der Waals surface area (Å²) in [6.45, 7) is -15.9. The summed E-state index contributed by atoms with van der Waals surface area (Å²) in [5, 5.41) is 36.5. The second kappa shape index (κ2) is 62.2. The van der Waals surface area contributed by atoms with Gasteiger partial charge in [0, 0.05) is 218 Å². The molecule has 0 bridgehead atoms. The zero-order valence-corrected chi connectivity index (χ0v) is 76.8. The third-order valence-corrected chi connectivity index (χ3v) is 20.5. The van der Waals surface area contributed by atoms with Crippen molar-refractivity contribution in [3.05, 3.63) is 0 Å². The van der Waals surface area contributed by atoms with E-state index in [0.717, 1.165) is 0 Å². The average Bonchev–Trinajstić information content (AvgIpc) is 0.835. The zero-order chi connectivity index (χ0) is 112. The van der Waals surface area contributed by atoms with E-state index in [1.165, 1.54) is 47.9 Å². The molecule has 0 aliphatic rings. The van der Waals surface area contributed by atoms with Crippen LogP contribution in [-0.2, 0) is 101 Å². The summed E-state index contributed by atoms with van der Waals surface area (Å²) in [6, 6.07) is 0. The van der Waals surface area contributed by atoms with Crippen LogP contribution in [0.5, 0.6) is 0 Å². The lowest BCUT2D eigenvalue weighted by atomic mass is 9.70. The Morgan fingerprint density at radius 2 is 0.281 bits per heavy atom. The van der Waals surface area contributed by atoms with Gasteiger partial charge < -0.3 is 112 Å². The molecule has 20 amide bonds. The van der Waals surface area contributed by atoms with Gasteiger partial charge in [-0.1, -0.05) is 0 Å². The van der Waals surface area contributed by atoms with E-state index in [-0.39, 0.29) is 0 Å². The van der Waals surface area contributed by atoms with Gasteiger partial charge in [0.2, 0.25) is 65.0 Å². The highest BCUT2D eigenvalue weighted by Gasteiger charge is 2.47. The molecule has 146 heavy (non-hydrogen) atoms. The van der Waals surface area contributed by atoms with Crippen LogP contribution in [-0.4, -0.2) is 314 Å². The molecule has 0 fully saturated rings. The van der Waals surface area contributed by atoms with Crippen LogP contribution in [0.1, 0.15) is 161 Å². The summed E-state index contributed by atoms with van der Waals surface area (Å²) in [5.74, 6) is -37.1. The van der Waals surface area contributed by atoms with Gasteiger partial charge in [-0.15, -0.1) is 0 Å². The second-order valence-electron chi connectivity index (χ2n) is 32.2. The molecule has 0 unspecified atom stereocenters. The summed E-state index contributed by atoms with van der Waals surface area (Å²) >= 11 is 0. The summed E-state index contributed by atoms with van der Waals surface area (Å²) in [6.07, 6.45) is -72.6. The fourth-order valence-corrected chi connectivity index (χ4v) is 12.8. The third kappa shape index (κ3) is 60.8. The predicted molar refractivity (Wildman–Crippen MR) is 440 cm³/mol. The van der Waals surface area contributed by atoms with Crippen LogP contribution in [0.4, 0.5) is 119 Å². The molecule has 0 aromatic rings. The first-order valence-electron chi connectivity index (χ1n) is 43.5. The number of hydrogen-bond donors (Lipinski definition) is 21. The lowest BCUT2D eigenvalue weighted by Crippen LogP contribution is -2.52. The number of rotatable bonds is 67. The minimum Gasteiger partial charge on any atom is -0.354 e. The Hall–Kier alpha value is -12.9. The number of amides is 20. The van der Waals surface area contributed by atoms with Crippen LogP contribution in [0.15, 0.2) is 0 Å². The Kier molecular flexibility index (Phi) is 56.7. The van der Waals surface area contributed by atoms with Crippen molar-refractivity contribution in [2.24, 2.45) is 11.1 Å². The number of alkyl halides is 27. The van der Waals surface area contributed by atoms with Gasteiger partial charge in [0.1, 0.15) is 5.78 Å². The quantitative estimate of drug-likeness (QED) is 0.0278. The van der Waals surface area contributed by atoms with Crippen molar-refractivity contribution in [1.29, 1.82) is 0 Å². The molecule has 0 heterocycles. The molecule has 0 rings (SSSR count). The maximum absolute atomic E-state index is 15.1. The largest absolute Gasteiger partial charge is 0.471 e. The molecule has 0 aromatic carbocycles. The highest BCUT2D eigenvalue weighted by Crippen LogP contribution is 2.41. The lowest BCUT2D eigenvalue weighted by Gasteiger charge is -2.37. The average molecular weight is 2180 g/mol. The number of carbonyl (C=O) groups is 21. The number of Topliss-reactive ketones (excluding diaryl/α,β-unsaturated/α-hetero) is 1. The van der Waals surface area contributed by atoms with E-state index in [4.69, 9.17) is 5.73 Å². The van der Waals surface area contributed by atoms with E-state index in [1.807, 2.05) is 0 Å². The number of carbonyl (C=O) groups excluding carboxylic acids is 21. The number of nitrogens with two attached hydrogens (primary N) is 1. The standard InChI is InChI=1S/C77H108F27N21O21/c78-69(79,80)56(138)115-34-25-106-45(127)2-13-65(14-3-46(128)107-26-35-116-57(139)70(81,82)83,15-4-47(129)108-27-36-117-58(140)71(84,85)86)43-44(126)1-16-66(105,17-5-54(136)124-67(19-7-48(130)109-28-37-118-59(141)72(87,88)89,20-8-49(131)110-29-38-119-60(142)73(90,91)92)21-9-50(132)111-30-39-120-61(143)74(93,94)95)18-6-55(137)125-68(22-10-51(133)112-31-40-121-62(144)75(96,97)98,23-11-52(134)113-32-41-122-63(145)76(99,100)101)24-12-53(135)114-33-42-123-64(146)77(102,103)104/h1-43,105H2,(H,106,127)(H,107,128)(H,108,129)(H,109,130)(H,110,131)(H,111,132)(H,112,133)(H,113,134)(H,114,135)(H,115,138)(H,116,139)(H,117,140)(H,118,141)(H,119,142)(H,120,143)(H,121,144)(H,122,145)(H,123,146)(H,124,136)(H,125,137). The van der Waals surface area contributed by atoms with Gasteiger partial charge >= 0.3 is 109 Å². The Balaban J connectivity index is 9.33. The molecule has 836 valence electrons. The van der Waals surface area contributed by atoms with Crippen LogP contribution in [0, 0.1) is 5.41 Å². The number of nitrogens with one attached hydrogen (secondary N) is 20. The normalized spacial score (nSPS) is 12.4. The van der Waals surface area contributed by atoms with Crippen molar-refractivity contribution >= 4 is 124 Å². The highest BCUT2D eigenvalue weighted by atomic mass is 19.4. The van der Waals surface area contributed by atoms with Gasteiger partial charge in [-0.25, -0.2) is 0 Å². The molecule has 0 radical (unpaired) electrons. The molecule has 22 N–H and O–H groups in total. The molecular weight excluding hydrogens is 2070 g/mol. The third-order valence-electron chi connectivity index (χ3n) is 20.5. The summed E-state index contributed by atoms with van der Waals surface area (Å²) in [4.78, 5) is 271. The molecule has 0 saturated heterocycles. The van der Waals surface area contributed by atoms with Crippen molar-refractivity contribution in [1.82, 2.24) is 106 Å². The number of halogens is 27. The van der Waals surface area contributed by atoms with Crippen LogP contribution in [0.3, 0.4) is 0 Å². The van der Waals surface area contributed by atoms with E-state index in [0.29, 0.717) is 0 Å². The monoisotopic (exact) mass is 2180 g/mol. The summed E-state index contributed by atoms with van der Waals surface area (Å²) in [5.41, 5.74) is -1.94. The maximum Gasteiger partial charge on any atom is 0.471 e. The van der Waals surface area contributed by atoms with Crippen molar-refractivity contribution in [3.63, 3.8) is 0 Å². The van der Waals surface area contributed by atoms with Gasteiger partial charge in [-0.05, 0) is 82.5 Å². The van der Waals surface area contributed by atoms with Gasteiger partial charge in [0.05, 0.1) is 0 Å². The zero-order valence-electron chi connectivity index (χ0n) is 76.8. The highest BCUT2D eigenvalue weighted by molar-refractivity contribution is 5.88. The van der Waals surface area contributed by atoms with Gasteiger partial charge in [0.25, 0.3) is 0 Å². The molecular formula is C77H108F27N21O21. The molecule has 42 nitrogen and oxygen atoms in total. The molecule has 0 atom stereocenters. The maximum atomic E-state index is 15.1. The topological polar surface area (TPSA) is 625 Å². The molecule has 0 aliphatic carbocycles. The molecule has 0 saturated carbocycles. The van der Waals surface area contributed by atoms with Crippen molar-refractivity contribution in [2.45, 2.75) is 233 Å². The Morgan fingerprint density at radius 1 is 0.158 bits per heavy atom. The Labute approximate surface area is 809 Å². The fraction of sp³-hybridized carbons (Fsp3) is 0.727. The van der Waals surface area contributed by atoms with Crippen molar-refractivity contribution < 1.29 is 219 Å². The fourth-order valence-electron chi connectivity index (χ4n) is 12.8. The second-order valence-corrected chi connectivity index (χ2v) is 32.2. The SMILES string of the molecule is NC(CCC(=O)CC(CCC(=O)NCCNC(=O)C(F)(F)F)(CCC(=O)NCCNC(=O)C(F)(F)F)CCC(=O)NCCNC(=O)C(F)(F)F)(CCC(=O)NC(CCC(=O)NCCNC(=O)C(F)(F)F)(CCC(=O)NCCNC(=O)C(F)(F)F)CCC(=O)NCCNC(=O)C(F)(F)F)CCC(=O)NC(CCC(=O)NCCNC(=O)C(F)(F)F)(CCC(=O)NCCNC(=O)C(F)(F)F)CCC(=O)NCCNC(=O)C(F)(F)F. The van der Waals surface area contributed by atoms with Crippen molar-refractivity contribution in [2.75, 3.05) is 118 Å². The minimum atomic E-state index is -5.47. The smallest absolute Gasteiger partial charge is 0.354 e. The van der Waals surface area contributed by atoms with E-state index < -0.39 is 480 Å². The molecule has 69 heteroatoms. The van der Waals surface area contributed by atoms with Crippen LogP contribution < -0.4 is 112 Å². The van der Waals surface area contributed by atoms with Crippen LogP contribution in [0.25, 0.3) is 0 Å². The Morgan fingerprint density at radius 3 is 0.425 bits per heavy atom.